The summed E-state index contributed by atoms with van der Waals surface area (Å²) >= 11 is 0. The topological polar surface area (TPSA) is 40.0 Å². The molecule has 0 bridgehead atoms. The fraction of sp³-hybridized carbons (Fsp3) is 0.316. The first-order chi connectivity index (χ1) is 11.3. The van der Waals surface area contributed by atoms with Crippen LogP contribution in [0.4, 0.5) is 5.69 Å². The van der Waals surface area contributed by atoms with E-state index in [0.717, 1.165) is 29.2 Å². The molecule has 0 spiro atoms. The molecular weight excluding hydrogens is 290 g/mol. The Labute approximate surface area is 137 Å². The summed E-state index contributed by atoms with van der Waals surface area (Å²) in [6, 6.07) is 13.5. The third kappa shape index (κ3) is 5.02. The molecule has 2 rings (SSSR count). The van der Waals surface area contributed by atoms with Crippen LogP contribution in [0.25, 0.3) is 0 Å². The van der Waals surface area contributed by atoms with E-state index < -0.39 is 0 Å². The molecule has 4 heteroatoms. The van der Waals surface area contributed by atoms with Crippen LogP contribution in [0.15, 0.2) is 47.5 Å². The summed E-state index contributed by atoms with van der Waals surface area (Å²) < 4.78 is 16.4. The number of hydrogen-bond donors (Lipinski definition) is 0. The average Bonchev–Trinajstić information content (AvgIpc) is 2.60. The molecule has 0 saturated heterocycles. The Bertz CT molecular complexity index is 636. The maximum Gasteiger partial charge on any atom is 0.161 e. The van der Waals surface area contributed by atoms with E-state index in [1.807, 2.05) is 55.6 Å². The SMILES string of the molecule is CCCOc1ccc(C=Nc2ccc(OCC)cc2)cc1OC. The first-order valence-electron chi connectivity index (χ1n) is 7.84. The van der Waals surface area contributed by atoms with E-state index in [-0.39, 0.29) is 0 Å². The Morgan fingerprint density at radius 3 is 2.39 bits per heavy atom. The molecule has 0 aliphatic rings. The maximum absolute atomic E-state index is 5.65. The van der Waals surface area contributed by atoms with Crippen molar-refractivity contribution in [3.63, 3.8) is 0 Å². The molecule has 2 aromatic rings. The predicted octanol–water partition coefficient (Wildman–Crippen LogP) is 4.63. The Hall–Kier alpha value is -2.49. The third-order valence-corrected chi connectivity index (χ3v) is 3.16. The Morgan fingerprint density at radius 1 is 0.957 bits per heavy atom. The van der Waals surface area contributed by atoms with Crippen molar-refractivity contribution in [2.24, 2.45) is 4.99 Å². The largest absolute Gasteiger partial charge is 0.494 e. The van der Waals surface area contributed by atoms with Gasteiger partial charge in [0.1, 0.15) is 5.75 Å². The van der Waals surface area contributed by atoms with E-state index in [4.69, 9.17) is 14.2 Å². The third-order valence-electron chi connectivity index (χ3n) is 3.16. The standard InChI is InChI=1S/C19H23NO3/c1-4-12-23-18-11-6-15(13-19(18)21-3)14-20-16-7-9-17(10-8-16)22-5-2/h6-11,13-14H,4-5,12H2,1-3H3. The molecule has 122 valence electrons. The van der Waals surface area contributed by atoms with Gasteiger partial charge < -0.3 is 14.2 Å². The molecule has 23 heavy (non-hydrogen) atoms. The van der Waals surface area contributed by atoms with Gasteiger partial charge in [0.15, 0.2) is 11.5 Å². The average molecular weight is 313 g/mol. The lowest BCUT2D eigenvalue weighted by Gasteiger charge is -2.10. The lowest BCUT2D eigenvalue weighted by molar-refractivity contribution is 0.294. The molecule has 0 saturated carbocycles. The van der Waals surface area contributed by atoms with Crippen molar-refractivity contribution in [3.8, 4) is 17.2 Å². The fourth-order valence-electron chi connectivity index (χ4n) is 2.04. The molecule has 2 aromatic carbocycles. The molecule has 0 fully saturated rings. The number of aliphatic imine (C=N–C) groups is 1. The Kier molecular flexibility index (Phi) is 6.48. The zero-order valence-corrected chi connectivity index (χ0v) is 13.9. The van der Waals surface area contributed by atoms with Crippen LogP contribution in [0.1, 0.15) is 25.8 Å². The Morgan fingerprint density at radius 2 is 1.74 bits per heavy atom. The molecule has 0 radical (unpaired) electrons. The summed E-state index contributed by atoms with van der Waals surface area (Å²) in [5.41, 5.74) is 1.83. The van der Waals surface area contributed by atoms with Crippen LogP contribution in [-0.4, -0.2) is 26.5 Å². The van der Waals surface area contributed by atoms with E-state index in [2.05, 4.69) is 11.9 Å². The number of nitrogens with zero attached hydrogens (tertiary/aromatic N) is 1. The van der Waals surface area contributed by atoms with Gasteiger partial charge in [-0.25, -0.2) is 0 Å². The van der Waals surface area contributed by atoms with Crippen LogP contribution >= 0.6 is 0 Å². The van der Waals surface area contributed by atoms with Gasteiger partial charge in [-0.15, -0.1) is 0 Å². The number of ether oxygens (including phenoxy) is 3. The minimum absolute atomic E-state index is 0.662. The van der Waals surface area contributed by atoms with E-state index in [9.17, 15) is 0 Å². The normalized spacial score (nSPS) is 10.7. The van der Waals surface area contributed by atoms with E-state index in [0.29, 0.717) is 19.0 Å². The summed E-state index contributed by atoms with van der Waals surface area (Å²) in [7, 11) is 1.64. The minimum Gasteiger partial charge on any atom is -0.494 e. The fourth-order valence-corrected chi connectivity index (χ4v) is 2.04. The molecule has 0 amide bonds. The van der Waals surface area contributed by atoms with E-state index in [1.54, 1.807) is 7.11 Å². The van der Waals surface area contributed by atoms with Gasteiger partial charge in [-0.2, -0.15) is 0 Å². The van der Waals surface area contributed by atoms with Gasteiger partial charge in [0, 0.05) is 6.21 Å². The molecule has 4 nitrogen and oxygen atoms in total. The minimum atomic E-state index is 0.662. The van der Waals surface area contributed by atoms with Gasteiger partial charge in [-0.3, -0.25) is 4.99 Å². The first-order valence-corrected chi connectivity index (χ1v) is 7.84. The van der Waals surface area contributed by atoms with Crippen molar-refractivity contribution < 1.29 is 14.2 Å². The summed E-state index contributed by atoms with van der Waals surface area (Å²) in [5, 5.41) is 0. The summed E-state index contributed by atoms with van der Waals surface area (Å²) in [6.07, 6.45) is 2.77. The summed E-state index contributed by atoms with van der Waals surface area (Å²) in [6.45, 7) is 5.38. The van der Waals surface area contributed by atoms with Crippen molar-refractivity contribution in [1.82, 2.24) is 0 Å². The van der Waals surface area contributed by atoms with Crippen LogP contribution in [0.3, 0.4) is 0 Å². The zero-order valence-electron chi connectivity index (χ0n) is 13.9. The highest BCUT2D eigenvalue weighted by Crippen LogP contribution is 2.28. The van der Waals surface area contributed by atoms with Crippen LogP contribution in [0, 0.1) is 0 Å². The molecular formula is C19H23NO3. The van der Waals surface area contributed by atoms with Gasteiger partial charge in [-0.05, 0) is 61.4 Å². The van der Waals surface area contributed by atoms with E-state index in [1.165, 1.54) is 0 Å². The zero-order chi connectivity index (χ0) is 16.5. The predicted molar refractivity (Wildman–Crippen MR) is 93.6 cm³/mol. The van der Waals surface area contributed by atoms with E-state index >= 15 is 0 Å². The quantitative estimate of drug-likeness (QED) is 0.667. The van der Waals surface area contributed by atoms with Gasteiger partial charge in [0.25, 0.3) is 0 Å². The number of methoxy groups -OCH3 is 1. The molecule has 0 aliphatic heterocycles. The monoisotopic (exact) mass is 313 g/mol. The summed E-state index contributed by atoms with van der Waals surface area (Å²) in [5.74, 6) is 2.33. The number of benzene rings is 2. The van der Waals surface area contributed by atoms with Crippen molar-refractivity contribution >= 4 is 11.9 Å². The second-order valence-electron chi connectivity index (χ2n) is 4.94. The van der Waals surface area contributed by atoms with Crippen molar-refractivity contribution in [1.29, 1.82) is 0 Å². The molecule has 0 heterocycles. The van der Waals surface area contributed by atoms with Gasteiger partial charge >= 0.3 is 0 Å². The lowest BCUT2D eigenvalue weighted by Crippen LogP contribution is -1.98. The molecule has 0 aromatic heterocycles. The number of rotatable bonds is 8. The van der Waals surface area contributed by atoms with Gasteiger partial charge in [0.2, 0.25) is 0 Å². The van der Waals surface area contributed by atoms with Crippen LogP contribution in [0.5, 0.6) is 17.2 Å². The number of hydrogen-bond acceptors (Lipinski definition) is 4. The first kappa shape index (κ1) is 16.9. The van der Waals surface area contributed by atoms with Crippen molar-refractivity contribution in [2.45, 2.75) is 20.3 Å². The highest BCUT2D eigenvalue weighted by Gasteiger charge is 2.04. The molecule has 0 unspecified atom stereocenters. The second kappa shape index (κ2) is 8.83. The van der Waals surface area contributed by atoms with Crippen molar-refractivity contribution in [2.75, 3.05) is 20.3 Å². The maximum atomic E-state index is 5.65. The highest BCUT2D eigenvalue weighted by atomic mass is 16.5. The second-order valence-corrected chi connectivity index (χ2v) is 4.94. The van der Waals surface area contributed by atoms with Crippen molar-refractivity contribution in [3.05, 3.63) is 48.0 Å². The van der Waals surface area contributed by atoms with Gasteiger partial charge in [-0.1, -0.05) is 6.92 Å². The Balaban J connectivity index is 2.09. The lowest BCUT2D eigenvalue weighted by atomic mass is 10.2. The molecule has 0 N–H and O–H groups in total. The molecule has 0 atom stereocenters. The highest BCUT2D eigenvalue weighted by molar-refractivity contribution is 5.83. The van der Waals surface area contributed by atoms with Crippen LogP contribution in [0.2, 0.25) is 0 Å². The van der Waals surface area contributed by atoms with Crippen LogP contribution in [-0.2, 0) is 0 Å². The molecule has 0 aliphatic carbocycles. The summed E-state index contributed by atoms with van der Waals surface area (Å²) in [4.78, 5) is 4.47. The van der Waals surface area contributed by atoms with Crippen LogP contribution < -0.4 is 14.2 Å². The smallest absolute Gasteiger partial charge is 0.161 e. The van der Waals surface area contributed by atoms with Gasteiger partial charge in [0.05, 0.1) is 26.0 Å².